The van der Waals surface area contributed by atoms with Crippen LogP contribution < -0.4 is 10.2 Å². The summed E-state index contributed by atoms with van der Waals surface area (Å²) in [6.45, 7) is 4.16. The van der Waals surface area contributed by atoms with E-state index in [9.17, 15) is 9.18 Å². The lowest BCUT2D eigenvalue weighted by atomic mass is 10.1. The molecule has 1 fully saturated rings. The average Bonchev–Trinajstić information content (AvgIpc) is 2.45. The van der Waals surface area contributed by atoms with Gasteiger partial charge in [-0.25, -0.2) is 4.39 Å². The minimum Gasteiger partial charge on any atom is -0.392 e. The van der Waals surface area contributed by atoms with Crippen molar-refractivity contribution in [2.24, 2.45) is 0 Å². The topological polar surface area (TPSA) is 61.8 Å². The van der Waals surface area contributed by atoms with Crippen molar-refractivity contribution in [1.82, 2.24) is 5.32 Å². The highest BCUT2D eigenvalue weighted by atomic mass is 19.1. The number of carbonyl (C=O) groups is 1. The van der Waals surface area contributed by atoms with Gasteiger partial charge in [-0.1, -0.05) is 0 Å². The number of aliphatic hydroxyl groups excluding tert-OH is 1. The maximum atomic E-state index is 14.1. The Balaban J connectivity index is 2.06. The van der Waals surface area contributed by atoms with E-state index in [1.807, 2.05) is 4.90 Å². The number of carbonyl (C=O) groups excluding carboxylic acids is 1. The van der Waals surface area contributed by atoms with Gasteiger partial charge in [0.05, 0.1) is 25.0 Å². The number of aliphatic hydroxyl groups is 1. The third kappa shape index (κ3) is 3.68. The zero-order chi connectivity index (χ0) is 14.5. The molecule has 1 aromatic rings. The number of amides is 1. The van der Waals surface area contributed by atoms with Gasteiger partial charge >= 0.3 is 0 Å². The third-order valence-electron chi connectivity index (χ3n) is 3.12. The predicted octanol–water partition coefficient (Wildman–Crippen LogP) is 0.773. The molecule has 1 heterocycles. The molecular formula is C14H19FN2O3. The monoisotopic (exact) mass is 282 g/mol. The second-order valence-corrected chi connectivity index (χ2v) is 4.82. The highest BCUT2D eigenvalue weighted by molar-refractivity contribution is 5.94. The van der Waals surface area contributed by atoms with Gasteiger partial charge in [0.25, 0.3) is 5.91 Å². The average molecular weight is 282 g/mol. The lowest BCUT2D eigenvalue weighted by Gasteiger charge is -2.29. The number of nitrogens with zero attached hydrogens (tertiary/aromatic N) is 1. The van der Waals surface area contributed by atoms with Gasteiger partial charge in [-0.2, -0.15) is 0 Å². The Labute approximate surface area is 117 Å². The van der Waals surface area contributed by atoms with Crippen molar-refractivity contribution in [3.63, 3.8) is 0 Å². The first kappa shape index (κ1) is 14.7. The fraction of sp³-hybridized carbons (Fsp3) is 0.500. The van der Waals surface area contributed by atoms with Gasteiger partial charge in [-0.3, -0.25) is 4.79 Å². The maximum absolute atomic E-state index is 14.1. The van der Waals surface area contributed by atoms with Crippen LogP contribution >= 0.6 is 0 Å². The smallest absolute Gasteiger partial charge is 0.251 e. The van der Waals surface area contributed by atoms with E-state index in [0.29, 0.717) is 32.0 Å². The summed E-state index contributed by atoms with van der Waals surface area (Å²) in [4.78, 5) is 13.7. The van der Waals surface area contributed by atoms with Crippen LogP contribution in [-0.2, 0) is 4.74 Å². The minimum atomic E-state index is -0.628. The van der Waals surface area contributed by atoms with E-state index in [0.717, 1.165) is 0 Å². The number of hydrogen-bond acceptors (Lipinski definition) is 4. The molecule has 1 aliphatic rings. The van der Waals surface area contributed by atoms with Crippen molar-refractivity contribution in [2.75, 3.05) is 37.7 Å². The van der Waals surface area contributed by atoms with Crippen molar-refractivity contribution >= 4 is 11.6 Å². The van der Waals surface area contributed by atoms with Crippen LogP contribution in [0, 0.1) is 5.82 Å². The quantitative estimate of drug-likeness (QED) is 0.856. The Morgan fingerprint density at radius 1 is 1.50 bits per heavy atom. The molecule has 2 rings (SSSR count). The molecule has 1 saturated heterocycles. The lowest BCUT2D eigenvalue weighted by molar-refractivity contribution is 0.0923. The van der Waals surface area contributed by atoms with Crippen LogP contribution in [0.25, 0.3) is 0 Å². The molecule has 1 unspecified atom stereocenters. The van der Waals surface area contributed by atoms with Gasteiger partial charge in [0.15, 0.2) is 0 Å². The highest BCUT2D eigenvalue weighted by Gasteiger charge is 2.16. The molecule has 0 spiro atoms. The Hall–Kier alpha value is -1.66. The Morgan fingerprint density at radius 2 is 2.20 bits per heavy atom. The van der Waals surface area contributed by atoms with Crippen LogP contribution in [0.4, 0.5) is 10.1 Å². The summed E-state index contributed by atoms with van der Waals surface area (Å²) in [6, 6.07) is 4.42. The number of halogens is 1. The number of hydrogen-bond donors (Lipinski definition) is 2. The summed E-state index contributed by atoms with van der Waals surface area (Å²) in [6.07, 6.45) is -0.628. The number of anilines is 1. The van der Waals surface area contributed by atoms with Crippen LogP contribution in [0.2, 0.25) is 0 Å². The number of morpholine rings is 1. The fourth-order valence-corrected chi connectivity index (χ4v) is 2.05. The molecule has 0 bridgehead atoms. The van der Waals surface area contributed by atoms with E-state index in [2.05, 4.69) is 5.32 Å². The van der Waals surface area contributed by atoms with E-state index in [-0.39, 0.29) is 12.1 Å². The molecule has 110 valence electrons. The Kier molecular flexibility index (Phi) is 4.92. The summed E-state index contributed by atoms with van der Waals surface area (Å²) in [5.41, 5.74) is 0.737. The van der Waals surface area contributed by atoms with Crippen molar-refractivity contribution in [2.45, 2.75) is 13.0 Å². The van der Waals surface area contributed by atoms with Crippen molar-refractivity contribution in [3.8, 4) is 0 Å². The van der Waals surface area contributed by atoms with Crippen molar-refractivity contribution < 1.29 is 19.0 Å². The lowest BCUT2D eigenvalue weighted by Crippen LogP contribution is -2.37. The fourth-order valence-electron chi connectivity index (χ4n) is 2.05. The number of ether oxygens (including phenoxy) is 1. The van der Waals surface area contributed by atoms with Crippen LogP contribution in [0.1, 0.15) is 17.3 Å². The van der Waals surface area contributed by atoms with Gasteiger partial charge in [0.2, 0.25) is 0 Å². The van der Waals surface area contributed by atoms with Crippen molar-refractivity contribution in [1.29, 1.82) is 0 Å². The third-order valence-corrected chi connectivity index (χ3v) is 3.12. The number of rotatable bonds is 4. The number of benzene rings is 1. The normalized spacial score (nSPS) is 16.9. The van der Waals surface area contributed by atoms with Crippen LogP contribution in [-0.4, -0.2) is 50.0 Å². The van der Waals surface area contributed by atoms with Gasteiger partial charge in [-0.05, 0) is 25.1 Å². The van der Waals surface area contributed by atoms with Crippen LogP contribution in [0.3, 0.4) is 0 Å². The molecule has 0 aliphatic carbocycles. The van der Waals surface area contributed by atoms with Crippen molar-refractivity contribution in [3.05, 3.63) is 29.6 Å². The maximum Gasteiger partial charge on any atom is 0.251 e. The minimum absolute atomic E-state index is 0.145. The standard InChI is InChI=1S/C14H19FN2O3/c1-10(18)9-16-14(19)11-2-3-13(12(15)8-11)17-4-6-20-7-5-17/h2-3,8,10,18H,4-7,9H2,1H3,(H,16,19). The molecule has 20 heavy (non-hydrogen) atoms. The van der Waals surface area contributed by atoms with E-state index in [1.165, 1.54) is 6.07 Å². The second kappa shape index (κ2) is 6.67. The molecule has 0 saturated carbocycles. The van der Waals surface area contributed by atoms with E-state index in [4.69, 9.17) is 9.84 Å². The first-order chi connectivity index (χ1) is 9.58. The largest absolute Gasteiger partial charge is 0.392 e. The summed E-state index contributed by atoms with van der Waals surface area (Å²) in [7, 11) is 0. The van der Waals surface area contributed by atoms with Crippen LogP contribution in [0.5, 0.6) is 0 Å². The summed E-state index contributed by atoms with van der Waals surface area (Å²) >= 11 is 0. The zero-order valence-electron chi connectivity index (χ0n) is 11.4. The molecule has 0 radical (unpaired) electrons. The van der Waals surface area contributed by atoms with Crippen LogP contribution in [0.15, 0.2) is 18.2 Å². The molecular weight excluding hydrogens is 263 g/mol. The molecule has 1 atom stereocenters. The first-order valence-corrected chi connectivity index (χ1v) is 6.66. The molecule has 1 aliphatic heterocycles. The van der Waals surface area contributed by atoms with Gasteiger partial charge in [0.1, 0.15) is 5.82 Å². The number of nitrogens with one attached hydrogen (secondary N) is 1. The molecule has 2 N–H and O–H groups in total. The predicted molar refractivity (Wildman–Crippen MR) is 73.4 cm³/mol. The molecule has 5 nitrogen and oxygen atoms in total. The zero-order valence-corrected chi connectivity index (χ0v) is 11.4. The second-order valence-electron chi connectivity index (χ2n) is 4.82. The molecule has 6 heteroatoms. The van der Waals surface area contributed by atoms with Gasteiger partial charge < -0.3 is 20.1 Å². The van der Waals surface area contributed by atoms with E-state index in [1.54, 1.807) is 19.1 Å². The molecule has 1 amide bonds. The van der Waals surface area contributed by atoms with E-state index < -0.39 is 17.8 Å². The molecule has 1 aromatic carbocycles. The molecule has 0 aromatic heterocycles. The summed E-state index contributed by atoms with van der Waals surface area (Å²) in [5.74, 6) is -0.810. The SMILES string of the molecule is CC(O)CNC(=O)c1ccc(N2CCOCC2)c(F)c1. The first-order valence-electron chi connectivity index (χ1n) is 6.66. The summed E-state index contributed by atoms with van der Waals surface area (Å²) in [5, 5.41) is 11.6. The Bertz CT molecular complexity index is 473. The Morgan fingerprint density at radius 3 is 2.80 bits per heavy atom. The van der Waals surface area contributed by atoms with Gasteiger partial charge in [0, 0.05) is 25.2 Å². The van der Waals surface area contributed by atoms with Gasteiger partial charge in [-0.15, -0.1) is 0 Å². The highest BCUT2D eigenvalue weighted by Crippen LogP contribution is 2.21. The van der Waals surface area contributed by atoms with E-state index >= 15 is 0 Å². The summed E-state index contributed by atoms with van der Waals surface area (Å²) < 4.78 is 19.3.